The molecule has 0 spiro atoms. The second-order valence-corrected chi connectivity index (χ2v) is 6.31. The average Bonchev–Trinajstić information content (AvgIpc) is 3.06. The van der Waals surface area contributed by atoms with Crippen LogP contribution in [0.5, 0.6) is 0 Å². The molecule has 110 valence electrons. The summed E-state index contributed by atoms with van der Waals surface area (Å²) < 4.78 is 1.04. The lowest BCUT2D eigenvalue weighted by molar-refractivity contribution is -0.127. The molecule has 1 aliphatic heterocycles. The summed E-state index contributed by atoms with van der Waals surface area (Å²) in [4.78, 5) is 21.9. The zero-order valence-corrected chi connectivity index (χ0v) is 12.9. The Bertz CT molecular complexity index is 701. The monoisotopic (exact) mass is 322 g/mol. The molecule has 2 aromatic heterocycles. The highest BCUT2D eigenvalue weighted by molar-refractivity contribution is 7.17. The minimum Gasteiger partial charge on any atom is -0.324 e. The lowest BCUT2D eigenvalue weighted by atomic mass is 9.99. The van der Waals surface area contributed by atoms with Crippen LogP contribution in [0.1, 0.15) is 12.1 Å². The molecule has 3 rings (SSSR count). The molecule has 5 nitrogen and oxygen atoms in total. The standard InChI is InChI=1S/C14H15ClN4OS/c1-2-11(20)19-5-3-8(13(19)16)7-10-12-9(4-6-21-12)17-14(15)18-10/h2,4,6,8,13H,1,3,5,7,16H2/t8?,13-/m1/s1. The third-order valence-electron chi connectivity index (χ3n) is 3.84. The molecule has 1 aliphatic rings. The Kier molecular flexibility index (Phi) is 3.93. The summed E-state index contributed by atoms with van der Waals surface area (Å²) >= 11 is 7.58. The summed E-state index contributed by atoms with van der Waals surface area (Å²) in [6, 6.07) is 1.93. The summed E-state index contributed by atoms with van der Waals surface area (Å²) in [5.41, 5.74) is 7.96. The van der Waals surface area contributed by atoms with Crippen LogP contribution < -0.4 is 5.73 Å². The molecule has 7 heteroatoms. The number of fused-ring (bicyclic) bond motifs is 1. The first-order valence-corrected chi connectivity index (χ1v) is 7.94. The van der Waals surface area contributed by atoms with Crippen LogP contribution in [0.25, 0.3) is 10.2 Å². The average molecular weight is 323 g/mol. The Morgan fingerprint density at radius 1 is 1.62 bits per heavy atom. The molecule has 1 fully saturated rings. The molecule has 0 aromatic carbocycles. The van der Waals surface area contributed by atoms with E-state index in [1.54, 1.807) is 16.2 Å². The quantitative estimate of drug-likeness (QED) is 0.694. The van der Waals surface area contributed by atoms with Gasteiger partial charge in [0.2, 0.25) is 11.2 Å². The first-order valence-electron chi connectivity index (χ1n) is 6.68. The SMILES string of the molecule is C=CC(=O)N1CCC(Cc2nc(Cl)nc3ccsc23)[C@@H]1N. The summed E-state index contributed by atoms with van der Waals surface area (Å²) in [7, 11) is 0. The fourth-order valence-corrected chi connectivity index (χ4v) is 3.78. The van der Waals surface area contributed by atoms with E-state index in [2.05, 4.69) is 16.5 Å². The maximum Gasteiger partial charge on any atom is 0.247 e. The first kappa shape index (κ1) is 14.4. The highest BCUT2D eigenvalue weighted by Gasteiger charge is 2.34. The van der Waals surface area contributed by atoms with Crippen LogP contribution in [0.3, 0.4) is 0 Å². The Balaban J connectivity index is 1.84. The van der Waals surface area contributed by atoms with Gasteiger partial charge in [-0.05, 0) is 47.9 Å². The molecule has 21 heavy (non-hydrogen) atoms. The number of halogens is 1. The molecule has 1 amide bonds. The van der Waals surface area contributed by atoms with Crippen molar-refractivity contribution in [3.05, 3.63) is 35.1 Å². The number of aromatic nitrogens is 2. The number of nitrogens with two attached hydrogens (primary N) is 1. The zero-order valence-electron chi connectivity index (χ0n) is 11.3. The van der Waals surface area contributed by atoms with E-state index in [4.69, 9.17) is 17.3 Å². The van der Waals surface area contributed by atoms with Gasteiger partial charge in [0.05, 0.1) is 22.1 Å². The number of hydrogen-bond acceptors (Lipinski definition) is 5. The molecule has 0 radical (unpaired) electrons. The highest BCUT2D eigenvalue weighted by atomic mass is 35.5. The van der Waals surface area contributed by atoms with Gasteiger partial charge in [-0.25, -0.2) is 9.97 Å². The number of rotatable bonds is 3. The van der Waals surface area contributed by atoms with E-state index < -0.39 is 0 Å². The predicted molar refractivity (Wildman–Crippen MR) is 84.1 cm³/mol. The van der Waals surface area contributed by atoms with Gasteiger partial charge in [-0.1, -0.05) is 6.58 Å². The summed E-state index contributed by atoms with van der Waals surface area (Å²) in [6.45, 7) is 4.17. The molecule has 0 bridgehead atoms. The number of hydrogen-bond donors (Lipinski definition) is 1. The minimum absolute atomic E-state index is 0.119. The maximum absolute atomic E-state index is 11.7. The Labute approximate surface area is 131 Å². The highest BCUT2D eigenvalue weighted by Crippen LogP contribution is 2.30. The Morgan fingerprint density at radius 3 is 3.19 bits per heavy atom. The van der Waals surface area contributed by atoms with Gasteiger partial charge in [0.25, 0.3) is 0 Å². The van der Waals surface area contributed by atoms with Crippen LogP contribution in [0.15, 0.2) is 24.1 Å². The smallest absolute Gasteiger partial charge is 0.247 e. The molecule has 2 aromatic rings. The van der Waals surface area contributed by atoms with Crippen molar-refractivity contribution in [2.24, 2.45) is 11.7 Å². The van der Waals surface area contributed by atoms with Gasteiger partial charge in [-0.2, -0.15) is 0 Å². The summed E-state index contributed by atoms with van der Waals surface area (Å²) in [6.07, 6.45) is 2.55. The van der Waals surface area contributed by atoms with E-state index in [-0.39, 0.29) is 23.3 Å². The van der Waals surface area contributed by atoms with E-state index in [1.165, 1.54) is 6.08 Å². The van der Waals surface area contributed by atoms with Crippen molar-refractivity contribution in [2.75, 3.05) is 6.54 Å². The molecule has 2 atom stereocenters. The summed E-state index contributed by atoms with van der Waals surface area (Å²) in [5, 5.41) is 2.22. The van der Waals surface area contributed by atoms with Crippen molar-refractivity contribution < 1.29 is 4.79 Å². The van der Waals surface area contributed by atoms with Gasteiger partial charge in [-0.3, -0.25) is 4.79 Å². The first-order chi connectivity index (χ1) is 10.1. The number of amides is 1. The fraction of sp³-hybridized carbons (Fsp3) is 0.357. The van der Waals surface area contributed by atoms with Crippen LogP contribution in [-0.4, -0.2) is 33.5 Å². The molecule has 1 saturated heterocycles. The topological polar surface area (TPSA) is 72.1 Å². The van der Waals surface area contributed by atoms with Gasteiger partial charge < -0.3 is 10.6 Å². The van der Waals surface area contributed by atoms with Crippen LogP contribution in [0.2, 0.25) is 5.28 Å². The molecule has 2 N–H and O–H groups in total. The Hall–Kier alpha value is -1.50. The molecule has 0 aliphatic carbocycles. The number of carbonyl (C=O) groups is 1. The third kappa shape index (κ3) is 2.66. The van der Waals surface area contributed by atoms with E-state index in [1.807, 2.05) is 11.4 Å². The van der Waals surface area contributed by atoms with Crippen LogP contribution in [0, 0.1) is 5.92 Å². The molecule has 1 unspecified atom stereocenters. The molecular weight excluding hydrogens is 308 g/mol. The van der Waals surface area contributed by atoms with Gasteiger partial charge in [0.15, 0.2) is 0 Å². The van der Waals surface area contributed by atoms with Gasteiger partial charge >= 0.3 is 0 Å². The van der Waals surface area contributed by atoms with Gasteiger partial charge in [-0.15, -0.1) is 11.3 Å². The van der Waals surface area contributed by atoms with E-state index in [0.29, 0.717) is 13.0 Å². The van der Waals surface area contributed by atoms with Crippen molar-refractivity contribution in [3.8, 4) is 0 Å². The largest absolute Gasteiger partial charge is 0.324 e. The van der Waals surface area contributed by atoms with Crippen molar-refractivity contribution in [2.45, 2.75) is 19.0 Å². The van der Waals surface area contributed by atoms with Gasteiger partial charge in [0.1, 0.15) is 0 Å². The third-order valence-corrected chi connectivity index (χ3v) is 4.97. The normalized spacial score (nSPS) is 21.9. The Morgan fingerprint density at radius 2 is 2.43 bits per heavy atom. The predicted octanol–water partition coefficient (Wildman–Crippen LogP) is 2.21. The second-order valence-electron chi connectivity index (χ2n) is 5.05. The van der Waals surface area contributed by atoms with Crippen molar-refractivity contribution >= 4 is 39.1 Å². The van der Waals surface area contributed by atoms with Crippen molar-refractivity contribution in [1.82, 2.24) is 14.9 Å². The second kappa shape index (κ2) is 5.71. The lowest BCUT2D eigenvalue weighted by Gasteiger charge is -2.23. The number of carbonyl (C=O) groups excluding carboxylic acids is 1. The van der Waals surface area contributed by atoms with Crippen LogP contribution >= 0.6 is 22.9 Å². The lowest BCUT2D eigenvalue weighted by Crippen LogP contribution is -2.43. The molecular formula is C14H15ClN4OS. The maximum atomic E-state index is 11.7. The van der Waals surface area contributed by atoms with Gasteiger partial charge in [0, 0.05) is 6.54 Å². The van der Waals surface area contributed by atoms with Crippen molar-refractivity contribution in [3.63, 3.8) is 0 Å². The number of nitrogens with zero attached hydrogens (tertiary/aromatic N) is 3. The summed E-state index contributed by atoms with van der Waals surface area (Å²) in [5.74, 6) is 0.0529. The van der Waals surface area contributed by atoms with Crippen LogP contribution in [-0.2, 0) is 11.2 Å². The molecule has 3 heterocycles. The van der Waals surface area contributed by atoms with Crippen molar-refractivity contribution in [1.29, 1.82) is 0 Å². The van der Waals surface area contributed by atoms with E-state index in [9.17, 15) is 4.79 Å². The molecule has 0 saturated carbocycles. The van der Waals surface area contributed by atoms with E-state index >= 15 is 0 Å². The van der Waals surface area contributed by atoms with E-state index in [0.717, 1.165) is 22.3 Å². The minimum atomic E-state index is -0.306. The number of thiophene rings is 1. The number of likely N-dealkylation sites (tertiary alicyclic amines) is 1. The zero-order chi connectivity index (χ0) is 15.0. The van der Waals surface area contributed by atoms with Crippen LogP contribution in [0.4, 0.5) is 0 Å². The fourth-order valence-electron chi connectivity index (χ4n) is 2.76.